The molecular formula is C40H24N2S. The quantitative estimate of drug-likeness (QED) is 0.196. The Kier molecular flexibility index (Phi) is 4.63. The van der Waals surface area contributed by atoms with Crippen LogP contribution >= 0.6 is 11.3 Å². The van der Waals surface area contributed by atoms with Gasteiger partial charge in [-0.15, -0.1) is 11.3 Å². The first-order valence-corrected chi connectivity index (χ1v) is 15.5. The van der Waals surface area contributed by atoms with Crippen LogP contribution in [0.25, 0.3) is 53.2 Å². The number of anilines is 6. The molecule has 1 aromatic heterocycles. The van der Waals surface area contributed by atoms with Crippen molar-refractivity contribution in [1.82, 2.24) is 0 Å². The van der Waals surface area contributed by atoms with E-state index in [1.54, 1.807) is 0 Å². The van der Waals surface area contributed by atoms with Crippen LogP contribution in [0.15, 0.2) is 146 Å². The average molecular weight is 565 g/mol. The highest BCUT2D eigenvalue weighted by atomic mass is 32.1. The standard InChI is InChI=1S/C40H24N2S/c1-2-12-26-25(11-1)23-24-34-38(26)28-14-4-3-13-27(28)29-16-9-20-35-40(29)42(34)32-18-7-6-17-31(32)41(35)33-19-10-22-37-39(33)30-15-5-8-21-36(30)43-37/h1-24H. The lowest BCUT2D eigenvalue weighted by atomic mass is 9.91. The van der Waals surface area contributed by atoms with E-state index in [-0.39, 0.29) is 0 Å². The number of nitrogens with zero attached hydrogens (tertiary/aromatic N) is 2. The van der Waals surface area contributed by atoms with Crippen LogP contribution in [0.5, 0.6) is 0 Å². The van der Waals surface area contributed by atoms with E-state index in [0.717, 1.165) is 0 Å². The molecule has 0 N–H and O–H groups in total. The molecule has 0 saturated heterocycles. The lowest BCUT2D eigenvalue weighted by Crippen LogP contribution is -2.24. The topological polar surface area (TPSA) is 6.48 Å². The molecule has 8 aromatic rings. The smallest absolute Gasteiger partial charge is 0.0782 e. The fourth-order valence-electron chi connectivity index (χ4n) is 7.37. The second-order valence-electron chi connectivity index (χ2n) is 11.3. The molecule has 0 amide bonds. The second kappa shape index (κ2) is 8.57. The third kappa shape index (κ3) is 3.07. The SMILES string of the molecule is c1ccc2c(c1)-c1cccc3c1N(c1ccccc1N3c1cccc3sc4ccccc4c13)c1ccc3ccccc3c1-2. The number of benzene rings is 7. The minimum atomic E-state index is 1.18. The molecular weight excluding hydrogens is 541 g/mol. The molecule has 3 heteroatoms. The molecule has 2 aliphatic heterocycles. The van der Waals surface area contributed by atoms with Crippen LogP contribution in [0.3, 0.4) is 0 Å². The molecule has 0 fully saturated rings. The van der Waals surface area contributed by atoms with E-state index in [9.17, 15) is 0 Å². The predicted molar refractivity (Wildman–Crippen MR) is 184 cm³/mol. The van der Waals surface area contributed by atoms with Gasteiger partial charge in [-0.25, -0.2) is 0 Å². The first kappa shape index (κ1) is 23.2. The van der Waals surface area contributed by atoms with E-state index in [0.29, 0.717) is 0 Å². The largest absolute Gasteiger partial charge is 0.306 e. The molecule has 7 aromatic carbocycles. The maximum absolute atomic E-state index is 2.52. The van der Waals surface area contributed by atoms with E-state index >= 15 is 0 Å². The molecule has 200 valence electrons. The number of hydrogen-bond acceptors (Lipinski definition) is 3. The van der Waals surface area contributed by atoms with Crippen molar-refractivity contribution < 1.29 is 0 Å². The second-order valence-corrected chi connectivity index (χ2v) is 12.4. The summed E-state index contributed by atoms with van der Waals surface area (Å²) in [4.78, 5) is 5.02. The highest BCUT2D eigenvalue weighted by Gasteiger charge is 2.37. The van der Waals surface area contributed by atoms with Gasteiger partial charge in [0.2, 0.25) is 0 Å². The maximum Gasteiger partial charge on any atom is 0.0782 e. The van der Waals surface area contributed by atoms with E-state index in [2.05, 4.69) is 155 Å². The monoisotopic (exact) mass is 564 g/mol. The summed E-state index contributed by atoms with van der Waals surface area (Å²) in [7, 11) is 0. The summed E-state index contributed by atoms with van der Waals surface area (Å²) in [6.07, 6.45) is 0. The maximum atomic E-state index is 2.52. The van der Waals surface area contributed by atoms with Crippen molar-refractivity contribution in [2.75, 3.05) is 9.80 Å². The van der Waals surface area contributed by atoms with Crippen LogP contribution in [-0.2, 0) is 0 Å². The number of para-hydroxylation sites is 3. The summed E-state index contributed by atoms with van der Waals surface area (Å²) in [5.41, 5.74) is 12.3. The Labute approximate surface area is 253 Å². The Hall–Kier alpha value is -5.38. The van der Waals surface area contributed by atoms with E-state index in [4.69, 9.17) is 0 Å². The van der Waals surface area contributed by atoms with Gasteiger partial charge in [-0.1, -0.05) is 103 Å². The Morgan fingerprint density at radius 2 is 1.00 bits per heavy atom. The summed E-state index contributed by atoms with van der Waals surface area (Å²) < 4.78 is 2.63. The summed E-state index contributed by atoms with van der Waals surface area (Å²) >= 11 is 1.87. The highest BCUT2D eigenvalue weighted by molar-refractivity contribution is 7.26. The van der Waals surface area contributed by atoms with Crippen molar-refractivity contribution in [2.24, 2.45) is 0 Å². The molecule has 0 aliphatic carbocycles. The third-order valence-corrected chi connectivity index (χ3v) is 10.2. The molecule has 0 radical (unpaired) electrons. The zero-order valence-electron chi connectivity index (χ0n) is 23.2. The number of fused-ring (bicyclic) bond motifs is 12. The zero-order valence-corrected chi connectivity index (χ0v) is 24.0. The van der Waals surface area contributed by atoms with Gasteiger partial charge in [0.15, 0.2) is 0 Å². The van der Waals surface area contributed by atoms with Gasteiger partial charge in [-0.2, -0.15) is 0 Å². The summed E-state index contributed by atoms with van der Waals surface area (Å²) in [5.74, 6) is 0. The molecule has 43 heavy (non-hydrogen) atoms. The van der Waals surface area contributed by atoms with Gasteiger partial charge in [-0.05, 0) is 64.4 Å². The minimum Gasteiger partial charge on any atom is -0.306 e. The summed E-state index contributed by atoms with van der Waals surface area (Å²) in [6.45, 7) is 0. The van der Waals surface area contributed by atoms with Gasteiger partial charge in [0.05, 0.1) is 34.1 Å². The zero-order chi connectivity index (χ0) is 28.1. The predicted octanol–water partition coefficient (Wildman–Crippen LogP) is 12.1. The Balaban J connectivity index is 1.37. The molecule has 0 unspecified atom stereocenters. The van der Waals surface area contributed by atoms with Gasteiger partial charge in [0, 0.05) is 31.3 Å². The molecule has 0 saturated carbocycles. The van der Waals surface area contributed by atoms with Gasteiger partial charge in [0.1, 0.15) is 0 Å². The van der Waals surface area contributed by atoms with Gasteiger partial charge in [0.25, 0.3) is 0 Å². The summed E-state index contributed by atoms with van der Waals surface area (Å²) in [6, 6.07) is 53.6. The molecule has 10 rings (SSSR count). The molecule has 3 heterocycles. The van der Waals surface area contributed by atoms with E-state index in [1.165, 1.54) is 87.3 Å². The first-order valence-electron chi connectivity index (χ1n) is 14.7. The van der Waals surface area contributed by atoms with Crippen molar-refractivity contribution >= 4 is 76.4 Å². The highest BCUT2D eigenvalue weighted by Crippen LogP contribution is 2.62. The average Bonchev–Trinajstić information content (AvgIpc) is 3.40. The van der Waals surface area contributed by atoms with E-state index < -0.39 is 0 Å². The van der Waals surface area contributed by atoms with Crippen molar-refractivity contribution in [1.29, 1.82) is 0 Å². The minimum absolute atomic E-state index is 1.18. The van der Waals surface area contributed by atoms with Crippen LogP contribution < -0.4 is 9.80 Å². The molecule has 0 bridgehead atoms. The van der Waals surface area contributed by atoms with Crippen molar-refractivity contribution in [3.8, 4) is 22.3 Å². The first-order chi connectivity index (χ1) is 21.4. The number of thiophene rings is 1. The Bertz CT molecular complexity index is 2430. The molecule has 2 aliphatic rings. The number of rotatable bonds is 1. The van der Waals surface area contributed by atoms with Crippen molar-refractivity contribution in [3.63, 3.8) is 0 Å². The molecule has 0 atom stereocenters. The lowest BCUT2D eigenvalue weighted by molar-refractivity contribution is 1.18. The Morgan fingerprint density at radius 3 is 1.91 bits per heavy atom. The van der Waals surface area contributed by atoms with Gasteiger partial charge < -0.3 is 9.80 Å². The number of hydrogen-bond donors (Lipinski definition) is 0. The fourth-order valence-corrected chi connectivity index (χ4v) is 8.50. The fraction of sp³-hybridized carbons (Fsp3) is 0. The molecule has 2 nitrogen and oxygen atoms in total. The van der Waals surface area contributed by atoms with Gasteiger partial charge >= 0.3 is 0 Å². The van der Waals surface area contributed by atoms with Crippen LogP contribution in [0.4, 0.5) is 34.1 Å². The molecule has 0 spiro atoms. The Morgan fingerprint density at radius 1 is 0.372 bits per heavy atom. The van der Waals surface area contributed by atoms with E-state index in [1.807, 2.05) is 11.3 Å². The van der Waals surface area contributed by atoms with Crippen LogP contribution in [0.1, 0.15) is 0 Å². The third-order valence-electron chi connectivity index (χ3n) is 9.10. The van der Waals surface area contributed by atoms with Crippen molar-refractivity contribution in [2.45, 2.75) is 0 Å². The van der Waals surface area contributed by atoms with Crippen LogP contribution in [-0.4, -0.2) is 0 Å². The lowest BCUT2D eigenvalue weighted by Gasteiger charge is -2.41. The van der Waals surface area contributed by atoms with Crippen molar-refractivity contribution in [3.05, 3.63) is 146 Å². The van der Waals surface area contributed by atoms with Crippen LogP contribution in [0, 0.1) is 0 Å². The normalized spacial score (nSPS) is 13.0. The van der Waals surface area contributed by atoms with Gasteiger partial charge in [-0.3, -0.25) is 0 Å². The van der Waals surface area contributed by atoms with Crippen LogP contribution in [0.2, 0.25) is 0 Å². The summed E-state index contributed by atoms with van der Waals surface area (Å²) in [5, 5.41) is 5.15.